The molecule has 0 radical (unpaired) electrons. The molecule has 9 rings (SSSR count). The van der Waals surface area contributed by atoms with E-state index in [1.54, 1.807) is 0 Å². The third kappa shape index (κ3) is 5.60. The minimum absolute atomic E-state index is 0.0460. The van der Waals surface area contributed by atoms with E-state index < -0.39 is 0 Å². The van der Waals surface area contributed by atoms with Gasteiger partial charge in [0.1, 0.15) is 0 Å². The Morgan fingerprint density at radius 3 is 1.45 bits per heavy atom. The monoisotopic (exact) mass is 711 g/mol. The second-order valence-electron chi connectivity index (χ2n) is 15.4. The van der Waals surface area contributed by atoms with Crippen molar-refractivity contribution in [2.24, 2.45) is 0 Å². The van der Waals surface area contributed by atoms with Gasteiger partial charge in [0.15, 0.2) is 0 Å². The van der Waals surface area contributed by atoms with Gasteiger partial charge >= 0.3 is 0 Å². The lowest BCUT2D eigenvalue weighted by Gasteiger charge is -2.32. The Morgan fingerprint density at radius 1 is 0.364 bits per heavy atom. The number of benzene rings is 7. The minimum Gasteiger partial charge on any atom is -0.310 e. The summed E-state index contributed by atoms with van der Waals surface area (Å²) in [5, 5.41) is 0. The van der Waals surface area contributed by atoms with Crippen LogP contribution in [0, 0.1) is 0 Å². The SMILES string of the molecule is CCC1(CC)c2ccccc2-c2ccc(-c3ccc(/C=C/c4ccc5c(c4)C(CC)(CC)c4cc(N(c6ccccc6)c6ccccc6)ccc4-5)cc3)cc21. The molecule has 0 bridgehead atoms. The molecule has 2 aliphatic rings. The number of para-hydroxylation sites is 2. The van der Waals surface area contributed by atoms with Crippen LogP contribution in [0.2, 0.25) is 0 Å². The van der Waals surface area contributed by atoms with E-state index in [2.05, 4.69) is 209 Å². The molecule has 55 heavy (non-hydrogen) atoms. The Morgan fingerprint density at radius 2 is 0.818 bits per heavy atom. The molecule has 0 saturated carbocycles. The van der Waals surface area contributed by atoms with Crippen molar-refractivity contribution in [2.75, 3.05) is 4.90 Å². The Labute approximate surface area is 327 Å². The Kier molecular flexibility index (Phi) is 8.90. The van der Waals surface area contributed by atoms with Crippen molar-refractivity contribution in [1.82, 2.24) is 0 Å². The molecule has 0 N–H and O–H groups in total. The van der Waals surface area contributed by atoms with Crippen molar-refractivity contribution in [3.05, 3.63) is 197 Å². The van der Waals surface area contributed by atoms with Crippen molar-refractivity contribution in [1.29, 1.82) is 0 Å². The molecular formula is C54H49N. The highest BCUT2D eigenvalue weighted by atomic mass is 15.1. The fourth-order valence-corrected chi connectivity index (χ4v) is 9.98. The van der Waals surface area contributed by atoms with Crippen LogP contribution in [0.25, 0.3) is 45.5 Å². The molecule has 7 aromatic carbocycles. The van der Waals surface area contributed by atoms with E-state index in [1.807, 2.05) is 0 Å². The molecule has 1 heteroatoms. The van der Waals surface area contributed by atoms with Gasteiger partial charge in [0.2, 0.25) is 0 Å². The second-order valence-corrected chi connectivity index (χ2v) is 15.4. The van der Waals surface area contributed by atoms with Gasteiger partial charge in [0.25, 0.3) is 0 Å². The van der Waals surface area contributed by atoms with Gasteiger partial charge in [-0.25, -0.2) is 0 Å². The Balaban J connectivity index is 1.01. The van der Waals surface area contributed by atoms with Crippen molar-refractivity contribution in [3.8, 4) is 33.4 Å². The highest BCUT2D eigenvalue weighted by molar-refractivity contribution is 5.88. The van der Waals surface area contributed by atoms with Crippen molar-refractivity contribution in [3.63, 3.8) is 0 Å². The third-order valence-electron chi connectivity index (χ3n) is 13.0. The summed E-state index contributed by atoms with van der Waals surface area (Å²) in [4.78, 5) is 2.38. The van der Waals surface area contributed by atoms with Crippen LogP contribution in [0.3, 0.4) is 0 Å². The van der Waals surface area contributed by atoms with Gasteiger partial charge in [-0.05, 0) is 135 Å². The van der Waals surface area contributed by atoms with E-state index in [4.69, 9.17) is 0 Å². The van der Waals surface area contributed by atoms with E-state index in [0.717, 1.165) is 37.1 Å². The van der Waals surface area contributed by atoms with Crippen LogP contribution in [-0.4, -0.2) is 0 Å². The van der Waals surface area contributed by atoms with Gasteiger partial charge in [-0.2, -0.15) is 0 Å². The summed E-state index contributed by atoms with van der Waals surface area (Å²) in [6.45, 7) is 9.40. The van der Waals surface area contributed by atoms with E-state index in [9.17, 15) is 0 Å². The molecule has 0 aliphatic heterocycles. The van der Waals surface area contributed by atoms with Gasteiger partial charge < -0.3 is 4.90 Å². The molecule has 0 atom stereocenters. The van der Waals surface area contributed by atoms with Crippen molar-refractivity contribution >= 4 is 29.2 Å². The molecular weight excluding hydrogens is 663 g/mol. The molecule has 0 heterocycles. The summed E-state index contributed by atoms with van der Waals surface area (Å²) in [6.07, 6.45) is 8.86. The fraction of sp³-hybridized carbons (Fsp3) is 0.185. The first-order valence-corrected chi connectivity index (χ1v) is 20.3. The van der Waals surface area contributed by atoms with Crippen LogP contribution in [-0.2, 0) is 10.8 Å². The molecule has 0 aromatic heterocycles. The Bertz CT molecular complexity index is 2480. The standard InChI is InChI=1S/C54H49N/c1-5-53(6-2)49-22-16-15-21-45(49)47-33-30-41(36-51(47)53)40-28-25-38(26-29-40)23-24-39-27-32-46-48-34-31-44(37-52(48)54(7-3,8-4)50(46)35-39)55(42-17-11-9-12-18-42)43-19-13-10-14-20-43/h9-37H,5-8H2,1-4H3/b24-23+. The minimum atomic E-state index is -0.0460. The number of rotatable bonds is 10. The van der Waals surface area contributed by atoms with Crippen LogP contribution >= 0.6 is 0 Å². The largest absolute Gasteiger partial charge is 0.310 e. The van der Waals surface area contributed by atoms with Crippen molar-refractivity contribution < 1.29 is 0 Å². The highest BCUT2D eigenvalue weighted by Crippen LogP contribution is 2.55. The lowest BCUT2D eigenvalue weighted by molar-refractivity contribution is 0.490. The zero-order chi connectivity index (χ0) is 37.6. The summed E-state index contributed by atoms with van der Waals surface area (Å²) >= 11 is 0. The maximum absolute atomic E-state index is 2.47. The normalized spacial score (nSPS) is 14.3. The number of hydrogen-bond donors (Lipinski definition) is 0. The quantitative estimate of drug-likeness (QED) is 0.128. The van der Waals surface area contributed by atoms with E-state index in [-0.39, 0.29) is 10.8 Å². The van der Waals surface area contributed by atoms with Gasteiger partial charge in [-0.3, -0.25) is 0 Å². The predicted octanol–water partition coefficient (Wildman–Crippen LogP) is 15.2. The summed E-state index contributed by atoms with van der Waals surface area (Å²) in [6, 6.07) is 60.9. The van der Waals surface area contributed by atoms with Gasteiger partial charge in [-0.15, -0.1) is 0 Å². The zero-order valence-corrected chi connectivity index (χ0v) is 32.5. The van der Waals surface area contributed by atoms with Gasteiger partial charge in [0, 0.05) is 27.9 Å². The maximum atomic E-state index is 2.47. The van der Waals surface area contributed by atoms with Crippen LogP contribution in [0.1, 0.15) is 86.8 Å². The predicted molar refractivity (Wildman–Crippen MR) is 236 cm³/mol. The number of hydrogen-bond acceptors (Lipinski definition) is 1. The lowest BCUT2D eigenvalue weighted by atomic mass is 9.73. The first-order valence-electron chi connectivity index (χ1n) is 20.3. The summed E-state index contributed by atoms with van der Waals surface area (Å²) in [5.41, 5.74) is 19.9. The smallest absolute Gasteiger partial charge is 0.0465 e. The van der Waals surface area contributed by atoms with Gasteiger partial charge in [0.05, 0.1) is 0 Å². The van der Waals surface area contributed by atoms with Gasteiger partial charge in [-0.1, -0.05) is 161 Å². The number of fused-ring (bicyclic) bond motifs is 6. The summed E-state index contributed by atoms with van der Waals surface area (Å²) in [7, 11) is 0. The Hall–Kier alpha value is -5.92. The van der Waals surface area contributed by atoms with E-state index >= 15 is 0 Å². The zero-order valence-electron chi connectivity index (χ0n) is 32.5. The molecule has 0 unspecified atom stereocenters. The maximum Gasteiger partial charge on any atom is 0.0465 e. The number of anilines is 3. The molecule has 2 aliphatic carbocycles. The molecule has 0 spiro atoms. The van der Waals surface area contributed by atoms with Crippen LogP contribution in [0.4, 0.5) is 17.1 Å². The highest BCUT2D eigenvalue weighted by Gasteiger charge is 2.42. The molecule has 0 amide bonds. The van der Waals surface area contributed by atoms with Crippen LogP contribution in [0.5, 0.6) is 0 Å². The van der Waals surface area contributed by atoms with Crippen LogP contribution in [0.15, 0.2) is 164 Å². The average molecular weight is 712 g/mol. The average Bonchev–Trinajstić information content (AvgIpc) is 3.70. The first-order chi connectivity index (χ1) is 27.0. The first kappa shape index (κ1) is 34.8. The summed E-state index contributed by atoms with van der Waals surface area (Å²) < 4.78 is 0. The molecule has 270 valence electrons. The summed E-state index contributed by atoms with van der Waals surface area (Å²) in [5.74, 6) is 0. The van der Waals surface area contributed by atoms with Crippen LogP contribution < -0.4 is 4.90 Å². The van der Waals surface area contributed by atoms with Crippen molar-refractivity contribution in [2.45, 2.75) is 64.2 Å². The third-order valence-corrected chi connectivity index (χ3v) is 13.0. The molecule has 7 aromatic rings. The molecule has 1 nitrogen and oxygen atoms in total. The number of nitrogens with zero attached hydrogens (tertiary/aromatic N) is 1. The van der Waals surface area contributed by atoms with E-state index in [1.165, 1.54) is 72.4 Å². The molecule has 0 fully saturated rings. The fourth-order valence-electron chi connectivity index (χ4n) is 9.98. The second kappa shape index (κ2) is 14.1. The topological polar surface area (TPSA) is 3.24 Å². The lowest BCUT2D eigenvalue weighted by Crippen LogP contribution is -2.23. The molecule has 0 saturated heterocycles. The van der Waals surface area contributed by atoms with E-state index in [0.29, 0.717) is 0 Å².